The van der Waals surface area contributed by atoms with Gasteiger partial charge in [-0.3, -0.25) is 4.79 Å². The molecule has 0 heterocycles. The van der Waals surface area contributed by atoms with Gasteiger partial charge in [0.05, 0.1) is 0 Å². The number of nitrogens with one attached hydrogen (secondary N) is 1. The molecule has 68 valence electrons. The number of hydrogen-bond donors (Lipinski definition) is 1. The topological polar surface area (TPSA) is 29.1 Å². The average Bonchev–Trinajstić information content (AvgIpc) is 2.82. The Bertz CT molecular complexity index is 197. The summed E-state index contributed by atoms with van der Waals surface area (Å²) in [6.07, 6.45) is 5.02. The number of amides is 1. The second kappa shape index (κ2) is 2.63. The summed E-state index contributed by atoms with van der Waals surface area (Å²) in [6.45, 7) is 2.14. The fourth-order valence-electron chi connectivity index (χ4n) is 2.12. The molecule has 3 heteroatoms. The van der Waals surface area contributed by atoms with Crippen LogP contribution in [0.3, 0.4) is 0 Å². The van der Waals surface area contributed by atoms with E-state index in [0.717, 1.165) is 0 Å². The minimum Gasteiger partial charge on any atom is -0.337 e. The van der Waals surface area contributed by atoms with E-state index in [0.29, 0.717) is 11.8 Å². The lowest BCUT2D eigenvalue weighted by Crippen LogP contribution is -2.47. The highest BCUT2D eigenvalue weighted by Crippen LogP contribution is 2.51. The summed E-state index contributed by atoms with van der Waals surface area (Å²) in [7, 11) is 0. The second-order valence-electron chi connectivity index (χ2n) is 4.23. The maximum atomic E-state index is 10.8. The van der Waals surface area contributed by atoms with Crippen LogP contribution in [0.1, 0.15) is 32.6 Å². The van der Waals surface area contributed by atoms with Gasteiger partial charge in [0.15, 0.2) is 0 Å². The molecule has 1 amide bonds. The first kappa shape index (κ1) is 8.36. The summed E-state index contributed by atoms with van der Waals surface area (Å²) >= 11 is 5.36. The molecule has 2 fully saturated rings. The van der Waals surface area contributed by atoms with E-state index in [1.165, 1.54) is 25.7 Å². The van der Waals surface area contributed by atoms with Crippen molar-refractivity contribution in [1.82, 2.24) is 5.32 Å². The van der Waals surface area contributed by atoms with Crippen molar-refractivity contribution in [3.8, 4) is 0 Å². The summed E-state index contributed by atoms with van der Waals surface area (Å²) < 4.78 is 0. The number of rotatable bonds is 3. The summed E-state index contributed by atoms with van der Waals surface area (Å²) in [5.74, 6) is 1.38. The fraction of sp³-hybridized carbons (Fsp3) is 0.889. The molecule has 0 aromatic carbocycles. The Kier molecular flexibility index (Phi) is 1.83. The summed E-state index contributed by atoms with van der Waals surface area (Å²) in [4.78, 5) is 10.8. The quantitative estimate of drug-likeness (QED) is 0.534. The van der Waals surface area contributed by atoms with E-state index in [4.69, 9.17) is 11.6 Å². The van der Waals surface area contributed by atoms with Gasteiger partial charge in [0.2, 0.25) is 0 Å². The number of halogens is 1. The Labute approximate surface area is 77.7 Å². The van der Waals surface area contributed by atoms with Crippen LogP contribution in [0, 0.1) is 11.8 Å². The van der Waals surface area contributed by atoms with Crippen molar-refractivity contribution >= 4 is 17.0 Å². The first-order valence-electron chi connectivity index (χ1n) is 4.60. The number of carbonyl (C=O) groups excluding carboxylic acids is 1. The van der Waals surface area contributed by atoms with E-state index >= 15 is 0 Å². The zero-order valence-corrected chi connectivity index (χ0v) is 8.03. The van der Waals surface area contributed by atoms with E-state index < -0.39 is 5.37 Å². The third-order valence-electron chi connectivity index (χ3n) is 3.22. The Balaban J connectivity index is 2.03. The van der Waals surface area contributed by atoms with Crippen LogP contribution in [-0.2, 0) is 0 Å². The Hall–Kier alpha value is -0.240. The van der Waals surface area contributed by atoms with Gasteiger partial charge >= 0.3 is 5.37 Å². The molecule has 0 spiro atoms. The van der Waals surface area contributed by atoms with Gasteiger partial charge in [0, 0.05) is 5.54 Å². The lowest BCUT2D eigenvalue weighted by atomic mass is 9.90. The van der Waals surface area contributed by atoms with E-state index in [2.05, 4.69) is 12.2 Å². The van der Waals surface area contributed by atoms with Crippen molar-refractivity contribution in [1.29, 1.82) is 0 Å². The van der Waals surface area contributed by atoms with Gasteiger partial charge in [-0.15, -0.1) is 0 Å². The second-order valence-corrected chi connectivity index (χ2v) is 4.57. The van der Waals surface area contributed by atoms with Crippen LogP contribution in [-0.4, -0.2) is 10.9 Å². The van der Waals surface area contributed by atoms with Crippen LogP contribution in [0.15, 0.2) is 0 Å². The monoisotopic (exact) mass is 187 g/mol. The molecule has 0 aromatic heterocycles. The van der Waals surface area contributed by atoms with Gasteiger partial charge in [-0.1, -0.05) is 0 Å². The standard InChI is InChI=1S/C9H14ClNO/c1-9(6-2-3-6,7-4-5-7)11-8(10)12/h6-7H,2-5H2,1H3,(H,11,12). The van der Waals surface area contributed by atoms with Crippen LogP contribution < -0.4 is 5.32 Å². The Morgan fingerprint density at radius 3 is 2.00 bits per heavy atom. The van der Waals surface area contributed by atoms with Gasteiger partial charge in [0.1, 0.15) is 0 Å². The van der Waals surface area contributed by atoms with Crippen LogP contribution in [0.5, 0.6) is 0 Å². The molecular weight excluding hydrogens is 174 g/mol. The van der Waals surface area contributed by atoms with E-state index in [1.807, 2.05) is 0 Å². The van der Waals surface area contributed by atoms with Crippen molar-refractivity contribution in [2.45, 2.75) is 38.1 Å². The predicted molar refractivity (Wildman–Crippen MR) is 48.2 cm³/mol. The van der Waals surface area contributed by atoms with Gasteiger partial charge < -0.3 is 5.32 Å². The highest BCUT2D eigenvalue weighted by molar-refractivity contribution is 6.63. The Morgan fingerprint density at radius 1 is 1.33 bits per heavy atom. The first-order valence-corrected chi connectivity index (χ1v) is 4.98. The SMILES string of the molecule is CC(NC(=O)Cl)(C1CC1)C1CC1. The largest absolute Gasteiger partial charge is 0.337 e. The molecule has 1 N–H and O–H groups in total. The van der Waals surface area contributed by atoms with Crippen LogP contribution >= 0.6 is 11.6 Å². The molecule has 2 rings (SSSR count). The van der Waals surface area contributed by atoms with E-state index in [9.17, 15) is 4.79 Å². The minimum atomic E-state index is -0.392. The molecule has 0 radical (unpaired) electrons. The minimum absolute atomic E-state index is 0.0127. The lowest BCUT2D eigenvalue weighted by Gasteiger charge is -2.30. The van der Waals surface area contributed by atoms with Crippen LogP contribution in [0.2, 0.25) is 0 Å². The van der Waals surface area contributed by atoms with Crippen molar-refractivity contribution < 1.29 is 4.79 Å². The van der Waals surface area contributed by atoms with E-state index in [-0.39, 0.29) is 5.54 Å². The zero-order chi connectivity index (χ0) is 8.77. The van der Waals surface area contributed by atoms with Gasteiger partial charge in [-0.2, -0.15) is 0 Å². The molecule has 0 saturated heterocycles. The molecule has 12 heavy (non-hydrogen) atoms. The van der Waals surface area contributed by atoms with Crippen LogP contribution in [0.4, 0.5) is 4.79 Å². The van der Waals surface area contributed by atoms with Crippen LogP contribution in [0.25, 0.3) is 0 Å². The number of hydrogen-bond acceptors (Lipinski definition) is 1. The molecule has 0 atom stereocenters. The maximum absolute atomic E-state index is 10.8. The van der Waals surface area contributed by atoms with Crippen molar-refractivity contribution in [2.24, 2.45) is 11.8 Å². The molecule has 2 nitrogen and oxygen atoms in total. The summed E-state index contributed by atoms with van der Waals surface area (Å²) in [5.41, 5.74) is 0.0127. The van der Waals surface area contributed by atoms with E-state index in [1.54, 1.807) is 0 Å². The smallest absolute Gasteiger partial charge is 0.314 e. The van der Waals surface area contributed by atoms with Crippen molar-refractivity contribution in [2.75, 3.05) is 0 Å². The van der Waals surface area contributed by atoms with Gasteiger partial charge in [-0.05, 0) is 56.0 Å². The molecule has 2 aliphatic carbocycles. The molecule has 0 aliphatic heterocycles. The zero-order valence-electron chi connectivity index (χ0n) is 7.27. The first-order chi connectivity index (χ1) is 5.63. The highest BCUT2D eigenvalue weighted by atomic mass is 35.5. The fourth-order valence-corrected chi connectivity index (χ4v) is 2.32. The third-order valence-corrected chi connectivity index (χ3v) is 3.31. The Morgan fingerprint density at radius 2 is 1.75 bits per heavy atom. The molecule has 2 aliphatic rings. The average molecular weight is 188 g/mol. The molecular formula is C9H14ClNO. The normalized spacial score (nSPS) is 23.8. The predicted octanol–water partition coefficient (Wildman–Crippen LogP) is 2.51. The molecule has 2 saturated carbocycles. The van der Waals surface area contributed by atoms with Crippen molar-refractivity contribution in [3.63, 3.8) is 0 Å². The molecule has 0 unspecified atom stereocenters. The highest BCUT2D eigenvalue weighted by Gasteiger charge is 2.51. The molecule has 0 bridgehead atoms. The third kappa shape index (κ3) is 1.45. The number of carbonyl (C=O) groups is 1. The molecule has 0 aromatic rings. The summed E-state index contributed by atoms with van der Waals surface area (Å²) in [5, 5.41) is 2.51. The maximum Gasteiger partial charge on any atom is 0.314 e. The van der Waals surface area contributed by atoms with Crippen molar-refractivity contribution in [3.05, 3.63) is 0 Å². The van der Waals surface area contributed by atoms with Gasteiger partial charge in [0.25, 0.3) is 0 Å². The van der Waals surface area contributed by atoms with Gasteiger partial charge in [-0.25, -0.2) is 0 Å². The lowest BCUT2D eigenvalue weighted by molar-refractivity contribution is 0.232. The summed E-state index contributed by atoms with van der Waals surface area (Å²) in [6, 6.07) is 0.